The van der Waals surface area contributed by atoms with Gasteiger partial charge in [-0.15, -0.1) is 0 Å². The number of ether oxygens (including phenoxy) is 2. The molecule has 2 atom stereocenters. The van der Waals surface area contributed by atoms with Crippen LogP contribution in [0.25, 0.3) is 0 Å². The minimum atomic E-state index is -0.447. The number of nitrogens with zero attached hydrogens (tertiary/aromatic N) is 2. The molecule has 2 heterocycles. The van der Waals surface area contributed by atoms with Gasteiger partial charge < -0.3 is 9.47 Å². The highest BCUT2D eigenvalue weighted by atomic mass is 35.5. The van der Waals surface area contributed by atoms with Gasteiger partial charge in [-0.05, 0) is 42.5 Å². The van der Waals surface area contributed by atoms with Crippen LogP contribution < -0.4 is 9.47 Å². The van der Waals surface area contributed by atoms with Gasteiger partial charge in [0.15, 0.2) is 0 Å². The van der Waals surface area contributed by atoms with Crippen LogP contribution in [0.3, 0.4) is 0 Å². The van der Waals surface area contributed by atoms with Gasteiger partial charge in [-0.1, -0.05) is 35.9 Å². The number of hydrogen-bond acceptors (Lipinski definition) is 4. The molecule has 5 rings (SSSR count). The number of methoxy groups -OCH3 is 1. The van der Waals surface area contributed by atoms with Crippen molar-refractivity contribution in [1.29, 1.82) is 0 Å². The standard InChI is InChI=1S/C23H18ClFN2O2/c1-28-18-4-2-3-15(11-18)20-13-21-19-12-16(24)7-10-22(19)29-23(27(21)26-20)14-5-8-17(25)9-6-14/h2-12,21,23H,13H2,1H3/t21-,23+/m1/s1. The van der Waals surface area contributed by atoms with Crippen molar-refractivity contribution in [2.75, 3.05) is 7.11 Å². The van der Waals surface area contributed by atoms with Crippen molar-refractivity contribution >= 4 is 17.3 Å². The Kier molecular flexibility index (Phi) is 4.40. The molecule has 6 heteroatoms. The molecule has 2 aliphatic heterocycles. The molecule has 2 aliphatic rings. The summed E-state index contributed by atoms with van der Waals surface area (Å²) in [4.78, 5) is 0. The number of halogens is 2. The van der Waals surface area contributed by atoms with Crippen LogP contribution in [0.4, 0.5) is 4.39 Å². The minimum Gasteiger partial charge on any atom is -0.497 e. The van der Waals surface area contributed by atoms with Crippen molar-refractivity contribution in [2.45, 2.75) is 18.7 Å². The van der Waals surface area contributed by atoms with Crippen molar-refractivity contribution in [2.24, 2.45) is 5.10 Å². The van der Waals surface area contributed by atoms with Gasteiger partial charge in [-0.3, -0.25) is 0 Å². The second kappa shape index (κ2) is 7.08. The lowest BCUT2D eigenvalue weighted by molar-refractivity contribution is -0.0190. The Bertz CT molecular complexity index is 1100. The molecule has 0 N–H and O–H groups in total. The highest BCUT2D eigenvalue weighted by Crippen LogP contribution is 2.48. The largest absolute Gasteiger partial charge is 0.497 e. The smallest absolute Gasteiger partial charge is 0.213 e. The number of benzene rings is 3. The van der Waals surface area contributed by atoms with E-state index in [9.17, 15) is 4.39 Å². The first kappa shape index (κ1) is 18.0. The molecule has 0 fully saturated rings. The van der Waals surface area contributed by atoms with Gasteiger partial charge in [0, 0.05) is 28.1 Å². The van der Waals surface area contributed by atoms with Crippen molar-refractivity contribution in [3.8, 4) is 11.5 Å². The van der Waals surface area contributed by atoms with E-state index in [1.54, 1.807) is 19.2 Å². The van der Waals surface area contributed by atoms with E-state index in [-0.39, 0.29) is 11.9 Å². The van der Waals surface area contributed by atoms with E-state index in [1.165, 1.54) is 12.1 Å². The molecule has 0 bridgehead atoms. The zero-order valence-corrected chi connectivity index (χ0v) is 16.4. The van der Waals surface area contributed by atoms with Gasteiger partial charge in [-0.25, -0.2) is 9.40 Å². The molecule has 0 amide bonds. The van der Waals surface area contributed by atoms with E-state index in [0.717, 1.165) is 33.9 Å². The Balaban J connectivity index is 1.59. The maximum atomic E-state index is 13.5. The summed E-state index contributed by atoms with van der Waals surface area (Å²) < 4.78 is 25.1. The Morgan fingerprint density at radius 3 is 2.72 bits per heavy atom. The van der Waals surface area contributed by atoms with Gasteiger partial charge in [0.2, 0.25) is 6.23 Å². The van der Waals surface area contributed by atoms with Crippen LogP contribution in [0.15, 0.2) is 71.8 Å². The normalized spacial score (nSPS) is 19.8. The predicted octanol–water partition coefficient (Wildman–Crippen LogP) is 5.73. The first-order valence-electron chi connectivity index (χ1n) is 9.34. The molecule has 0 aliphatic carbocycles. The van der Waals surface area contributed by atoms with Gasteiger partial charge in [0.05, 0.1) is 18.9 Å². The van der Waals surface area contributed by atoms with Crippen LogP contribution in [0.1, 0.15) is 35.4 Å². The first-order chi connectivity index (χ1) is 14.1. The summed E-state index contributed by atoms with van der Waals surface area (Å²) in [6, 6.07) is 19.8. The first-order valence-corrected chi connectivity index (χ1v) is 9.72. The zero-order valence-electron chi connectivity index (χ0n) is 15.7. The average Bonchev–Trinajstić information content (AvgIpc) is 3.20. The molecule has 0 radical (unpaired) electrons. The molecular formula is C23H18ClFN2O2. The van der Waals surface area contributed by atoms with E-state index in [2.05, 4.69) is 0 Å². The lowest BCUT2D eigenvalue weighted by Crippen LogP contribution is -2.33. The Labute approximate surface area is 173 Å². The number of fused-ring (bicyclic) bond motifs is 3. The van der Waals surface area contributed by atoms with Crippen LogP contribution in [-0.4, -0.2) is 17.8 Å². The van der Waals surface area contributed by atoms with Gasteiger partial charge in [-0.2, -0.15) is 5.10 Å². The topological polar surface area (TPSA) is 34.1 Å². The number of hydrazone groups is 1. The van der Waals surface area contributed by atoms with E-state index >= 15 is 0 Å². The predicted molar refractivity (Wildman–Crippen MR) is 110 cm³/mol. The molecule has 146 valence electrons. The van der Waals surface area contributed by atoms with Gasteiger partial charge >= 0.3 is 0 Å². The van der Waals surface area contributed by atoms with Crippen LogP contribution in [-0.2, 0) is 0 Å². The maximum Gasteiger partial charge on any atom is 0.213 e. The van der Waals surface area contributed by atoms with Crippen molar-refractivity contribution < 1.29 is 13.9 Å². The fourth-order valence-corrected chi connectivity index (χ4v) is 4.06. The fourth-order valence-electron chi connectivity index (χ4n) is 3.88. The molecule has 0 saturated heterocycles. The van der Waals surface area contributed by atoms with Crippen molar-refractivity contribution in [3.63, 3.8) is 0 Å². The lowest BCUT2D eigenvalue weighted by atomic mass is 9.96. The Morgan fingerprint density at radius 2 is 1.93 bits per heavy atom. The van der Waals surface area contributed by atoms with Crippen molar-refractivity contribution in [1.82, 2.24) is 5.01 Å². The summed E-state index contributed by atoms with van der Waals surface area (Å²) in [6.07, 6.45) is 0.263. The third kappa shape index (κ3) is 3.21. The van der Waals surface area contributed by atoms with Crippen LogP contribution >= 0.6 is 11.6 Å². The average molecular weight is 409 g/mol. The molecule has 0 unspecified atom stereocenters. The number of rotatable bonds is 3. The molecule has 0 saturated carbocycles. The van der Waals surface area contributed by atoms with E-state index in [4.69, 9.17) is 26.2 Å². The van der Waals surface area contributed by atoms with Crippen LogP contribution in [0, 0.1) is 5.82 Å². The molecule has 0 spiro atoms. The zero-order chi connectivity index (χ0) is 20.0. The van der Waals surface area contributed by atoms with Crippen LogP contribution in [0.5, 0.6) is 11.5 Å². The molecule has 0 aromatic heterocycles. The van der Waals surface area contributed by atoms with Gasteiger partial charge in [0.1, 0.15) is 17.3 Å². The Morgan fingerprint density at radius 1 is 1.10 bits per heavy atom. The Hall–Kier alpha value is -3.05. The summed E-state index contributed by atoms with van der Waals surface area (Å²) >= 11 is 6.26. The summed E-state index contributed by atoms with van der Waals surface area (Å²) in [7, 11) is 1.65. The quantitative estimate of drug-likeness (QED) is 0.555. The summed E-state index contributed by atoms with van der Waals surface area (Å²) in [5.74, 6) is 1.27. The van der Waals surface area contributed by atoms with E-state index in [0.29, 0.717) is 11.4 Å². The number of hydrogen-bond donors (Lipinski definition) is 0. The summed E-state index contributed by atoms with van der Waals surface area (Å²) in [6.45, 7) is 0. The van der Waals surface area contributed by atoms with Crippen LogP contribution in [0.2, 0.25) is 5.02 Å². The SMILES string of the molecule is COc1cccc(C2=NN3[C@H](C2)c2cc(Cl)ccc2O[C@H]3c2ccc(F)cc2)c1. The van der Waals surface area contributed by atoms with E-state index in [1.807, 2.05) is 47.5 Å². The summed E-state index contributed by atoms with van der Waals surface area (Å²) in [5, 5.41) is 7.50. The maximum absolute atomic E-state index is 13.5. The van der Waals surface area contributed by atoms with E-state index < -0.39 is 6.23 Å². The molecular weight excluding hydrogens is 391 g/mol. The monoisotopic (exact) mass is 408 g/mol. The molecule has 29 heavy (non-hydrogen) atoms. The van der Waals surface area contributed by atoms with Gasteiger partial charge in [0.25, 0.3) is 0 Å². The second-order valence-electron chi connectivity index (χ2n) is 7.08. The summed E-state index contributed by atoms with van der Waals surface area (Å²) in [5.41, 5.74) is 3.78. The second-order valence-corrected chi connectivity index (χ2v) is 7.52. The minimum absolute atomic E-state index is 0.0197. The van der Waals surface area contributed by atoms with Crippen molar-refractivity contribution in [3.05, 3.63) is 94.3 Å². The fraction of sp³-hybridized carbons (Fsp3) is 0.174. The third-order valence-corrected chi connectivity index (χ3v) is 5.55. The molecule has 4 nitrogen and oxygen atoms in total. The third-order valence-electron chi connectivity index (χ3n) is 5.31. The molecule has 3 aromatic carbocycles. The molecule has 3 aromatic rings. The highest BCUT2D eigenvalue weighted by molar-refractivity contribution is 6.30. The lowest BCUT2D eigenvalue weighted by Gasteiger charge is -2.38. The highest BCUT2D eigenvalue weighted by Gasteiger charge is 2.41.